The van der Waals surface area contributed by atoms with E-state index in [2.05, 4.69) is 39.2 Å². The Morgan fingerprint density at radius 2 is 1.94 bits per heavy atom. The van der Waals surface area contributed by atoms with Crippen LogP contribution in [-0.2, 0) is 6.42 Å². The summed E-state index contributed by atoms with van der Waals surface area (Å²) < 4.78 is 2.48. The van der Waals surface area contributed by atoms with E-state index in [0.717, 1.165) is 0 Å². The summed E-state index contributed by atoms with van der Waals surface area (Å²) in [5, 5.41) is 0. The minimum absolute atomic E-state index is 0.528. The van der Waals surface area contributed by atoms with Crippen molar-refractivity contribution in [2.24, 2.45) is 0 Å². The minimum atomic E-state index is 0.528. The number of hydrogen-bond acceptors (Lipinski definition) is 1. The van der Waals surface area contributed by atoms with Gasteiger partial charge >= 0.3 is 0 Å². The first-order valence-corrected chi connectivity index (χ1v) is 6.63. The molecule has 0 radical (unpaired) electrons. The van der Waals surface area contributed by atoms with E-state index in [1.165, 1.54) is 36.5 Å². The molecule has 0 saturated heterocycles. The topological polar surface area (TPSA) is 17.8 Å². The van der Waals surface area contributed by atoms with Crippen molar-refractivity contribution in [2.45, 2.75) is 71.8 Å². The van der Waals surface area contributed by atoms with Gasteiger partial charge in [-0.1, -0.05) is 20.8 Å². The smallest absolute Gasteiger partial charge is 0.112 e. The van der Waals surface area contributed by atoms with E-state index in [-0.39, 0.29) is 0 Å². The largest absolute Gasteiger partial charge is 0.329 e. The summed E-state index contributed by atoms with van der Waals surface area (Å²) in [5.41, 5.74) is 2.89. The normalized spacial score (nSPS) is 20.6. The maximum atomic E-state index is 4.92. The van der Waals surface area contributed by atoms with Gasteiger partial charge in [-0.15, -0.1) is 0 Å². The van der Waals surface area contributed by atoms with Crippen LogP contribution >= 0.6 is 0 Å². The Morgan fingerprint density at radius 1 is 1.25 bits per heavy atom. The quantitative estimate of drug-likeness (QED) is 0.736. The summed E-state index contributed by atoms with van der Waals surface area (Å²) in [5.74, 6) is 2.47. The summed E-state index contributed by atoms with van der Waals surface area (Å²) in [6.07, 6.45) is 3.85. The molecule has 16 heavy (non-hydrogen) atoms. The van der Waals surface area contributed by atoms with Crippen molar-refractivity contribution in [1.29, 1.82) is 0 Å². The van der Waals surface area contributed by atoms with Crippen molar-refractivity contribution in [3.8, 4) is 0 Å². The summed E-state index contributed by atoms with van der Waals surface area (Å²) >= 11 is 0. The van der Waals surface area contributed by atoms with Crippen molar-refractivity contribution < 1.29 is 0 Å². The number of rotatable bonds is 2. The van der Waals surface area contributed by atoms with E-state index in [1.807, 2.05) is 0 Å². The van der Waals surface area contributed by atoms with E-state index >= 15 is 0 Å². The summed E-state index contributed by atoms with van der Waals surface area (Å²) in [7, 11) is 0. The first-order chi connectivity index (χ1) is 7.52. The van der Waals surface area contributed by atoms with Gasteiger partial charge in [-0.2, -0.15) is 0 Å². The highest BCUT2D eigenvalue weighted by molar-refractivity contribution is 5.25. The molecule has 90 valence electrons. The number of aromatic nitrogens is 2. The van der Waals surface area contributed by atoms with Crippen LogP contribution in [0.25, 0.3) is 0 Å². The maximum Gasteiger partial charge on any atom is 0.112 e. The van der Waals surface area contributed by atoms with Gasteiger partial charge in [0.15, 0.2) is 0 Å². The van der Waals surface area contributed by atoms with Gasteiger partial charge in [0.05, 0.1) is 5.69 Å². The third kappa shape index (κ3) is 1.79. The molecule has 2 rings (SSSR count). The molecule has 1 aromatic rings. The Labute approximate surface area is 99.1 Å². The molecule has 2 heteroatoms. The molecular weight excluding hydrogens is 196 g/mol. The predicted molar refractivity (Wildman–Crippen MR) is 68.1 cm³/mol. The fourth-order valence-corrected chi connectivity index (χ4v) is 2.84. The molecule has 0 fully saturated rings. The Bertz CT molecular complexity index is 374. The molecular formula is C14H24N2. The van der Waals surface area contributed by atoms with Gasteiger partial charge in [0.1, 0.15) is 5.82 Å². The first-order valence-electron chi connectivity index (χ1n) is 6.63. The zero-order valence-electron chi connectivity index (χ0n) is 11.2. The zero-order chi connectivity index (χ0) is 11.9. The van der Waals surface area contributed by atoms with Crippen molar-refractivity contribution >= 4 is 0 Å². The average Bonchev–Trinajstić information content (AvgIpc) is 2.58. The number of nitrogens with zero attached hydrogens (tertiary/aromatic N) is 2. The van der Waals surface area contributed by atoms with Gasteiger partial charge in [-0.3, -0.25) is 0 Å². The maximum absolute atomic E-state index is 4.92. The lowest BCUT2D eigenvalue weighted by Crippen LogP contribution is -2.14. The summed E-state index contributed by atoms with van der Waals surface area (Å²) in [6.45, 7) is 11.4. The molecule has 0 aliphatic heterocycles. The van der Waals surface area contributed by atoms with Gasteiger partial charge in [-0.25, -0.2) is 4.98 Å². The second-order valence-electron chi connectivity index (χ2n) is 5.71. The lowest BCUT2D eigenvalue weighted by atomic mass is 9.91. The predicted octanol–water partition coefficient (Wildman–Crippen LogP) is 4.03. The highest BCUT2D eigenvalue weighted by atomic mass is 15.1. The second kappa shape index (κ2) is 4.23. The van der Waals surface area contributed by atoms with Crippen LogP contribution in [-0.4, -0.2) is 9.55 Å². The lowest BCUT2D eigenvalue weighted by Gasteiger charge is -2.22. The highest BCUT2D eigenvalue weighted by Gasteiger charge is 2.26. The number of imidazole rings is 1. The molecule has 1 unspecified atom stereocenters. The SMILES string of the molecule is CC(C)c1nc2c(n1C(C)C)CCCC2C. The van der Waals surface area contributed by atoms with Crippen molar-refractivity contribution in [1.82, 2.24) is 9.55 Å². The van der Waals surface area contributed by atoms with Crippen LogP contribution in [0.3, 0.4) is 0 Å². The fraction of sp³-hybridized carbons (Fsp3) is 0.786. The first kappa shape index (κ1) is 11.7. The van der Waals surface area contributed by atoms with E-state index in [9.17, 15) is 0 Å². The molecule has 1 aromatic heterocycles. The fourth-order valence-electron chi connectivity index (χ4n) is 2.84. The molecule has 1 atom stereocenters. The lowest BCUT2D eigenvalue weighted by molar-refractivity contribution is 0.503. The van der Waals surface area contributed by atoms with Gasteiger partial charge < -0.3 is 4.57 Å². The van der Waals surface area contributed by atoms with Crippen LogP contribution in [0.15, 0.2) is 0 Å². The van der Waals surface area contributed by atoms with E-state index in [4.69, 9.17) is 4.98 Å². The average molecular weight is 220 g/mol. The zero-order valence-corrected chi connectivity index (χ0v) is 11.2. The molecule has 0 saturated carbocycles. The molecule has 0 bridgehead atoms. The third-order valence-electron chi connectivity index (χ3n) is 3.62. The molecule has 1 heterocycles. The number of hydrogen-bond donors (Lipinski definition) is 0. The Kier molecular flexibility index (Phi) is 3.09. The Morgan fingerprint density at radius 3 is 2.50 bits per heavy atom. The van der Waals surface area contributed by atoms with Gasteiger partial charge in [-0.05, 0) is 33.1 Å². The van der Waals surface area contributed by atoms with Crippen LogP contribution in [0.1, 0.15) is 82.6 Å². The van der Waals surface area contributed by atoms with Gasteiger partial charge in [0.25, 0.3) is 0 Å². The molecule has 0 spiro atoms. The second-order valence-corrected chi connectivity index (χ2v) is 5.71. The highest BCUT2D eigenvalue weighted by Crippen LogP contribution is 2.34. The summed E-state index contributed by atoms with van der Waals surface area (Å²) in [4.78, 5) is 4.92. The molecule has 2 nitrogen and oxygen atoms in total. The standard InChI is InChI=1S/C14H24N2/c1-9(2)14-15-13-11(5)7-6-8-12(13)16(14)10(3)4/h9-11H,6-8H2,1-5H3. The minimum Gasteiger partial charge on any atom is -0.329 e. The van der Waals surface area contributed by atoms with E-state index in [0.29, 0.717) is 17.9 Å². The Balaban J connectivity index is 2.55. The van der Waals surface area contributed by atoms with Crippen LogP contribution in [0.2, 0.25) is 0 Å². The molecule has 1 aliphatic carbocycles. The van der Waals surface area contributed by atoms with Crippen LogP contribution in [0.4, 0.5) is 0 Å². The summed E-state index contributed by atoms with van der Waals surface area (Å²) in [6, 6.07) is 0.541. The van der Waals surface area contributed by atoms with Gasteiger partial charge in [0.2, 0.25) is 0 Å². The molecule has 0 aromatic carbocycles. The Hall–Kier alpha value is -0.790. The van der Waals surface area contributed by atoms with E-state index < -0.39 is 0 Å². The van der Waals surface area contributed by atoms with Crippen LogP contribution in [0, 0.1) is 0 Å². The molecule has 0 amide bonds. The molecule has 1 aliphatic rings. The van der Waals surface area contributed by atoms with Crippen LogP contribution < -0.4 is 0 Å². The third-order valence-corrected chi connectivity index (χ3v) is 3.62. The van der Waals surface area contributed by atoms with Crippen molar-refractivity contribution in [3.05, 3.63) is 17.2 Å². The number of fused-ring (bicyclic) bond motifs is 1. The van der Waals surface area contributed by atoms with Crippen LogP contribution in [0.5, 0.6) is 0 Å². The van der Waals surface area contributed by atoms with Crippen molar-refractivity contribution in [2.75, 3.05) is 0 Å². The molecule has 0 N–H and O–H groups in total. The van der Waals surface area contributed by atoms with Gasteiger partial charge in [0, 0.05) is 23.6 Å². The van der Waals surface area contributed by atoms with E-state index in [1.54, 1.807) is 0 Å². The van der Waals surface area contributed by atoms with Crippen molar-refractivity contribution in [3.63, 3.8) is 0 Å². The monoisotopic (exact) mass is 220 g/mol.